The third-order valence-electron chi connectivity index (χ3n) is 4.08. The van der Waals surface area contributed by atoms with E-state index in [4.69, 9.17) is 4.52 Å². The van der Waals surface area contributed by atoms with Gasteiger partial charge in [-0.15, -0.1) is 0 Å². The van der Waals surface area contributed by atoms with E-state index in [1.807, 2.05) is 0 Å². The van der Waals surface area contributed by atoms with E-state index in [0.29, 0.717) is 12.6 Å². The molecular formula is C23H27NOP2. The zero-order chi connectivity index (χ0) is 19.1. The summed E-state index contributed by atoms with van der Waals surface area (Å²) in [5.41, 5.74) is 0. The molecule has 3 aromatic rings. The van der Waals surface area contributed by atoms with Gasteiger partial charge < -0.3 is 4.52 Å². The fourth-order valence-corrected chi connectivity index (χ4v) is 8.45. The first kappa shape index (κ1) is 20.2. The predicted octanol–water partition coefficient (Wildman–Crippen LogP) is 5.42. The molecule has 0 bridgehead atoms. The first-order valence-electron chi connectivity index (χ1n) is 9.39. The lowest BCUT2D eigenvalue weighted by atomic mass is 10.4. The van der Waals surface area contributed by atoms with Crippen molar-refractivity contribution in [2.45, 2.75) is 26.8 Å². The molecule has 0 saturated carbocycles. The summed E-state index contributed by atoms with van der Waals surface area (Å²) in [7, 11) is -1.57. The fraction of sp³-hybridized carbons (Fsp3) is 0.217. The van der Waals surface area contributed by atoms with Crippen LogP contribution in [0.4, 0.5) is 0 Å². The van der Waals surface area contributed by atoms with Crippen LogP contribution in [0.25, 0.3) is 0 Å². The molecule has 0 fully saturated rings. The van der Waals surface area contributed by atoms with Crippen LogP contribution in [0, 0.1) is 0 Å². The first-order chi connectivity index (χ1) is 13.2. The molecule has 0 radical (unpaired) electrons. The van der Waals surface area contributed by atoms with Crippen LogP contribution >= 0.6 is 16.4 Å². The highest BCUT2D eigenvalue weighted by atomic mass is 31.2. The molecule has 1 atom stereocenters. The molecular weight excluding hydrogens is 368 g/mol. The Kier molecular flexibility index (Phi) is 7.56. The van der Waals surface area contributed by atoms with Crippen molar-refractivity contribution in [2.75, 3.05) is 6.61 Å². The number of rotatable bonds is 8. The van der Waals surface area contributed by atoms with Crippen molar-refractivity contribution in [2.24, 2.45) is 0 Å². The fourth-order valence-electron chi connectivity index (χ4n) is 2.98. The summed E-state index contributed by atoms with van der Waals surface area (Å²) >= 11 is 0. The summed E-state index contributed by atoms with van der Waals surface area (Å²) in [5.74, 6) is 0. The highest BCUT2D eigenvalue weighted by molar-refractivity contribution is 7.80. The van der Waals surface area contributed by atoms with E-state index in [-0.39, 0.29) is 0 Å². The minimum Gasteiger partial charge on any atom is -0.340 e. The van der Waals surface area contributed by atoms with Gasteiger partial charge in [0.05, 0.1) is 6.61 Å². The van der Waals surface area contributed by atoms with Crippen molar-refractivity contribution in [3.63, 3.8) is 0 Å². The maximum Gasteiger partial charge on any atom is 0.142 e. The van der Waals surface area contributed by atoms with Crippen molar-refractivity contribution in [1.82, 2.24) is 4.44 Å². The van der Waals surface area contributed by atoms with Gasteiger partial charge in [-0.05, 0) is 31.4 Å². The Morgan fingerprint density at radius 3 is 1.48 bits per heavy atom. The molecule has 27 heavy (non-hydrogen) atoms. The van der Waals surface area contributed by atoms with Gasteiger partial charge in [0.1, 0.15) is 8.30 Å². The van der Waals surface area contributed by atoms with Crippen LogP contribution in [0.2, 0.25) is 0 Å². The second-order valence-corrected chi connectivity index (χ2v) is 10.6. The molecule has 2 nitrogen and oxygen atoms in total. The minimum atomic E-state index is -0.883. The standard InChI is InChI=1S/C23H27NOP2/c1-4-25-27(23-18-12-7-13-19-23)24(20(2)3)26(21-14-8-5-9-15-21)22-16-10-6-11-17-22/h5-20H,4H2,1-3H3. The van der Waals surface area contributed by atoms with E-state index in [1.165, 1.54) is 15.9 Å². The Labute approximate surface area is 165 Å². The molecule has 4 heteroatoms. The smallest absolute Gasteiger partial charge is 0.142 e. The molecule has 0 N–H and O–H groups in total. The summed E-state index contributed by atoms with van der Waals surface area (Å²) in [5, 5.41) is 3.98. The third-order valence-corrected chi connectivity index (χ3v) is 9.63. The van der Waals surface area contributed by atoms with Crippen LogP contribution in [0.1, 0.15) is 20.8 Å². The second kappa shape index (κ2) is 10.1. The summed E-state index contributed by atoms with van der Waals surface area (Å²) in [6.45, 7) is 7.34. The minimum absolute atomic E-state index is 0.356. The van der Waals surface area contributed by atoms with Crippen LogP contribution in [0.5, 0.6) is 0 Å². The monoisotopic (exact) mass is 395 g/mol. The van der Waals surface area contributed by atoms with Gasteiger partial charge in [0.25, 0.3) is 0 Å². The maximum atomic E-state index is 6.38. The maximum absolute atomic E-state index is 6.38. The van der Waals surface area contributed by atoms with Gasteiger partial charge in [0, 0.05) is 19.4 Å². The van der Waals surface area contributed by atoms with Gasteiger partial charge >= 0.3 is 0 Å². The molecule has 140 valence electrons. The highest BCUT2D eigenvalue weighted by Gasteiger charge is 2.33. The van der Waals surface area contributed by atoms with Crippen molar-refractivity contribution < 1.29 is 4.52 Å². The number of benzene rings is 3. The molecule has 0 aliphatic carbocycles. The zero-order valence-corrected chi connectivity index (χ0v) is 18.0. The van der Waals surface area contributed by atoms with Crippen molar-refractivity contribution in [3.8, 4) is 0 Å². The van der Waals surface area contributed by atoms with Gasteiger partial charge in [-0.3, -0.25) is 0 Å². The predicted molar refractivity (Wildman–Crippen MR) is 121 cm³/mol. The molecule has 3 rings (SSSR count). The molecule has 0 aromatic heterocycles. The average molecular weight is 395 g/mol. The Morgan fingerprint density at radius 2 is 1.11 bits per heavy atom. The van der Waals surface area contributed by atoms with E-state index in [2.05, 4.69) is 116 Å². The second-order valence-electron chi connectivity index (χ2n) is 6.42. The van der Waals surface area contributed by atoms with Crippen LogP contribution in [-0.4, -0.2) is 17.1 Å². The van der Waals surface area contributed by atoms with E-state index < -0.39 is 16.4 Å². The zero-order valence-electron chi connectivity index (χ0n) is 16.2. The van der Waals surface area contributed by atoms with Gasteiger partial charge in [-0.25, -0.2) is 4.44 Å². The summed E-state index contributed by atoms with van der Waals surface area (Å²) in [6.07, 6.45) is 0. The Bertz CT molecular complexity index is 757. The van der Waals surface area contributed by atoms with Gasteiger partial charge in [0.2, 0.25) is 0 Å². The summed E-state index contributed by atoms with van der Waals surface area (Å²) < 4.78 is 8.99. The Morgan fingerprint density at radius 1 is 0.704 bits per heavy atom. The number of hydrogen-bond donors (Lipinski definition) is 0. The lowest BCUT2D eigenvalue weighted by Gasteiger charge is -2.40. The first-order valence-corrected chi connectivity index (χ1v) is 11.9. The third kappa shape index (κ3) is 5.03. The van der Waals surface area contributed by atoms with E-state index in [0.717, 1.165) is 0 Å². The van der Waals surface area contributed by atoms with Crippen LogP contribution < -0.4 is 15.9 Å². The lowest BCUT2D eigenvalue weighted by Crippen LogP contribution is -2.33. The average Bonchev–Trinajstić information content (AvgIpc) is 2.72. The molecule has 0 amide bonds. The quantitative estimate of drug-likeness (QED) is 0.473. The van der Waals surface area contributed by atoms with Gasteiger partial charge in [0.15, 0.2) is 0 Å². The van der Waals surface area contributed by atoms with Crippen LogP contribution in [0.15, 0.2) is 91.0 Å². The summed E-state index contributed by atoms with van der Waals surface area (Å²) in [4.78, 5) is 0. The molecule has 0 aliphatic rings. The highest BCUT2D eigenvalue weighted by Crippen LogP contribution is 2.56. The van der Waals surface area contributed by atoms with E-state index in [1.54, 1.807) is 0 Å². The van der Waals surface area contributed by atoms with Gasteiger partial charge in [-0.2, -0.15) is 0 Å². The lowest BCUT2D eigenvalue weighted by molar-refractivity contribution is 0.354. The topological polar surface area (TPSA) is 12.5 Å². The van der Waals surface area contributed by atoms with Crippen LogP contribution in [0.3, 0.4) is 0 Å². The number of hydrogen-bond acceptors (Lipinski definition) is 2. The van der Waals surface area contributed by atoms with E-state index >= 15 is 0 Å². The largest absolute Gasteiger partial charge is 0.340 e. The van der Waals surface area contributed by atoms with Gasteiger partial charge in [-0.1, -0.05) is 91.0 Å². The molecule has 0 saturated heterocycles. The Balaban J connectivity index is 2.12. The molecule has 3 aromatic carbocycles. The van der Waals surface area contributed by atoms with Crippen molar-refractivity contribution in [1.29, 1.82) is 0 Å². The molecule has 0 heterocycles. The molecule has 0 spiro atoms. The van der Waals surface area contributed by atoms with Crippen molar-refractivity contribution >= 4 is 32.3 Å². The molecule has 1 unspecified atom stereocenters. The van der Waals surface area contributed by atoms with Crippen LogP contribution in [-0.2, 0) is 4.52 Å². The number of nitrogens with zero attached hydrogens (tertiary/aromatic N) is 1. The Hall–Kier alpha value is -1.56. The molecule has 0 aliphatic heterocycles. The normalized spacial score (nSPS) is 12.7. The SMILES string of the molecule is CCOP(c1ccccc1)N(C(C)C)P(c1ccccc1)c1ccccc1. The van der Waals surface area contributed by atoms with E-state index in [9.17, 15) is 0 Å². The summed E-state index contributed by atoms with van der Waals surface area (Å²) in [6, 6.07) is 32.7. The van der Waals surface area contributed by atoms with Crippen molar-refractivity contribution in [3.05, 3.63) is 91.0 Å².